The molecule has 2 aromatic rings. The predicted octanol–water partition coefficient (Wildman–Crippen LogP) is 3.22. The molecule has 0 saturated carbocycles. The van der Waals surface area contributed by atoms with Crippen LogP contribution in [-0.2, 0) is 25.0 Å². The Balaban J connectivity index is 1.73. The number of nitrogens with zero attached hydrogens (tertiary/aromatic N) is 1. The highest BCUT2D eigenvalue weighted by atomic mass is 32.2. The lowest BCUT2D eigenvalue weighted by atomic mass is 9.73. The molecule has 1 atom stereocenters. The van der Waals surface area contributed by atoms with E-state index in [2.05, 4.69) is 4.72 Å². The molecule has 2 aromatic carbocycles. The van der Waals surface area contributed by atoms with Gasteiger partial charge in [-0.05, 0) is 43.7 Å². The molecule has 8 nitrogen and oxygen atoms in total. The molecule has 2 aliphatic rings. The predicted molar refractivity (Wildman–Crippen MR) is 123 cm³/mol. The van der Waals surface area contributed by atoms with Crippen LogP contribution in [0.3, 0.4) is 0 Å². The molecule has 1 heterocycles. The number of fused-ring (bicyclic) bond motifs is 3. The van der Waals surface area contributed by atoms with Gasteiger partial charge in [0.1, 0.15) is 5.75 Å². The van der Waals surface area contributed by atoms with Gasteiger partial charge in [0.25, 0.3) is 0 Å². The molecule has 1 N–H and O–H groups in total. The van der Waals surface area contributed by atoms with Crippen LogP contribution in [0.4, 0.5) is 10.5 Å². The van der Waals surface area contributed by atoms with Crippen molar-refractivity contribution >= 4 is 27.6 Å². The first-order chi connectivity index (χ1) is 15.7. The fourth-order valence-corrected chi connectivity index (χ4v) is 5.39. The molecule has 0 fully saturated rings. The van der Waals surface area contributed by atoms with Crippen molar-refractivity contribution in [2.75, 3.05) is 25.7 Å². The highest BCUT2D eigenvalue weighted by Crippen LogP contribution is 2.55. The fourth-order valence-electron chi connectivity index (χ4n) is 4.36. The van der Waals surface area contributed by atoms with Gasteiger partial charge >= 0.3 is 6.09 Å². The summed E-state index contributed by atoms with van der Waals surface area (Å²) in [4.78, 5) is 26.5. The molecule has 1 amide bonds. The third-order valence-corrected chi connectivity index (χ3v) is 7.40. The van der Waals surface area contributed by atoms with Crippen LogP contribution in [0.1, 0.15) is 17.5 Å². The molecule has 9 heteroatoms. The third kappa shape index (κ3) is 3.83. The zero-order chi connectivity index (χ0) is 23.8. The average molecular weight is 469 g/mol. The van der Waals surface area contributed by atoms with Gasteiger partial charge in [0.15, 0.2) is 5.78 Å². The van der Waals surface area contributed by atoms with Crippen LogP contribution >= 0.6 is 0 Å². The number of anilines is 1. The fraction of sp³-hybridized carbons (Fsp3) is 0.250. The second-order valence-electron chi connectivity index (χ2n) is 7.86. The SMILES string of the molecule is COC(=O)N1C2=CC(=O)C=CC2(CCNS(=O)(=O)c2ccc(C)cc2)c2c(OC)cccc21. The minimum absolute atomic E-state index is 0.0541. The van der Waals surface area contributed by atoms with Crippen LogP contribution < -0.4 is 14.4 Å². The number of carbonyl (C=O) groups excluding carboxylic acids is 2. The minimum Gasteiger partial charge on any atom is -0.496 e. The summed E-state index contributed by atoms with van der Waals surface area (Å²) >= 11 is 0. The van der Waals surface area contributed by atoms with Crippen molar-refractivity contribution < 1.29 is 27.5 Å². The minimum atomic E-state index is -3.75. The summed E-state index contributed by atoms with van der Waals surface area (Å²) in [5.74, 6) is 0.242. The van der Waals surface area contributed by atoms with Crippen LogP contribution in [0.5, 0.6) is 5.75 Å². The molecular formula is C24H24N2O6S. The molecule has 0 aromatic heterocycles. The molecule has 1 aliphatic carbocycles. The highest BCUT2D eigenvalue weighted by Gasteiger charge is 2.51. The molecule has 0 radical (unpaired) electrons. The van der Waals surface area contributed by atoms with E-state index in [9.17, 15) is 18.0 Å². The zero-order valence-corrected chi connectivity index (χ0v) is 19.3. The summed E-state index contributed by atoms with van der Waals surface area (Å²) < 4.78 is 38.8. The number of carbonyl (C=O) groups is 2. The standard InChI is InChI=1S/C24H24N2O6S/c1-16-7-9-18(10-8-16)33(29,30)25-14-13-24-12-11-17(27)15-21(24)26(23(28)32-3)19-5-4-6-20(31-2)22(19)24/h4-12,15,25H,13-14H2,1-3H3. The van der Waals surface area contributed by atoms with Crippen molar-refractivity contribution in [3.63, 3.8) is 0 Å². The van der Waals surface area contributed by atoms with E-state index in [1.54, 1.807) is 48.5 Å². The maximum atomic E-state index is 12.8. The summed E-state index contributed by atoms with van der Waals surface area (Å²) in [5, 5.41) is 0. The van der Waals surface area contributed by atoms with E-state index >= 15 is 0 Å². The van der Waals surface area contributed by atoms with Crippen molar-refractivity contribution in [2.45, 2.75) is 23.7 Å². The van der Waals surface area contributed by atoms with Crippen LogP contribution in [0.15, 0.2) is 71.3 Å². The Kier molecular flexibility index (Phi) is 5.85. The second kappa shape index (κ2) is 8.49. The Bertz CT molecular complexity index is 1280. The van der Waals surface area contributed by atoms with Gasteiger partial charge in [0.05, 0.1) is 30.2 Å². The first kappa shape index (κ1) is 22.8. The molecule has 33 heavy (non-hydrogen) atoms. The number of hydrogen-bond donors (Lipinski definition) is 1. The molecule has 0 saturated heterocycles. The summed E-state index contributed by atoms with van der Waals surface area (Å²) in [7, 11) is -0.963. The van der Waals surface area contributed by atoms with Crippen LogP contribution in [0, 0.1) is 6.92 Å². The summed E-state index contributed by atoms with van der Waals surface area (Å²) in [5.41, 5.74) is 1.59. The molecule has 172 valence electrons. The lowest BCUT2D eigenvalue weighted by Crippen LogP contribution is -2.38. The maximum Gasteiger partial charge on any atom is 0.418 e. The Morgan fingerprint density at radius 1 is 1.12 bits per heavy atom. The first-order valence-electron chi connectivity index (χ1n) is 10.3. The number of methoxy groups -OCH3 is 2. The monoisotopic (exact) mass is 468 g/mol. The topological polar surface area (TPSA) is 102 Å². The number of nitrogens with one attached hydrogen (secondary N) is 1. The second-order valence-corrected chi connectivity index (χ2v) is 9.62. The molecule has 4 rings (SSSR count). The normalized spacial score (nSPS) is 19.1. The lowest BCUT2D eigenvalue weighted by Gasteiger charge is -2.32. The van der Waals surface area contributed by atoms with E-state index in [1.165, 1.54) is 31.3 Å². The number of benzene rings is 2. The van der Waals surface area contributed by atoms with Gasteiger partial charge in [0, 0.05) is 23.9 Å². The average Bonchev–Trinajstić information content (AvgIpc) is 3.08. The van der Waals surface area contributed by atoms with E-state index in [1.807, 2.05) is 6.92 Å². The lowest BCUT2D eigenvalue weighted by molar-refractivity contribution is -0.110. The van der Waals surface area contributed by atoms with Crippen molar-refractivity contribution in [1.29, 1.82) is 0 Å². The summed E-state index contributed by atoms with van der Waals surface area (Å²) in [6.45, 7) is 1.93. The van der Waals surface area contributed by atoms with Gasteiger partial charge in [0.2, 0.25) is 10.0 Å². The Morgan fingerprint density at radius 2 is 1.85 bits per heavy atom. The van der Waals surface area contributed by atoms with Crippen molar-refractivity contribution in [3.8, 4) is 5.75 Å². The van der Waals surface area contributed by atoms with Crippen LogP contribution in [0.2, 0.25) is 0 Å². The van der Waals surface area contributed by atoms with E-state index in [0.29, 0.717) is 22.7 Å². The quantitative estimate of drug-likeness (QED) is 0.699. The number of aryl methyl sites for hydroxylation is 1. The van der Waals surface area contributed by atoms with E-state index in [-0.39, 0.29) is 23.6 Å². The Labute approximate surface area is 192 Å². The van der Waals surface area contributed by atoms with Gasteiger partial charge in [-0.2, -0.15) is 0 Å². The smallest absolute Gasteiger partial charge is 0.418 e. The Hall–Kier alpha value is -3.43. The largest absolute Gasteiger partial charge is 0.496 e. The first-order valence-corrected chi connectivity index (χ1v) is 11.8. The van der Waals surface area contributed by atoms with E-state index < -0.39 is 21.5 Å². The van der Waals surface area contributed by atoms with Crippen molar-refractivity contribution in [1.82, 2.24) is 4.72 Å². The van der Waals surface area contributed by atoms with Gasteiger partial charge in [-0.15, -0.1) is 0 Å². The van der Waals surface area contributed by atoms with Crippen LogP contribution in [-0.4, -0.2) is 41.1 Å². The number of ketones is 1. The number of rotatable bonds is 6. The molecule has 0 spiro atoms. The van der Waals surface area contributed by atoms with Gasteiger partial charge < -0.3 is 9.47 Å². The number of hydrogen-bond acceptors (Lipinski definition) is 6. The van der Waals surface area contributed by atoms with Crippen LogP contribution in [0.25, 0.3) is 0 Å². The molecule has 1 aliphatic heterocycles. The summed E-state index contributed by atoms with van der Waals surface area (Å²) in [6.07, 6.45) is 4.10. The zero-order valence-electron chi connectivity index (χ0n) is 18.5. The summed E-state index contributed by atoms with van der Waals surface area (Å²) in [6, 6.07) is 11.8. The number of sulfonamides is 1. The van der Waals surface area contributed by atoms with Crippen molar-refractivity contribution in [3.05, 3.63) is 77.5 Å². The number of allylic oxidation sites excluding steroid dienone is 3. The molecule has 1 unspecified atom stereocenters. The molecule has 0 bridgehead atoms. The highest BCUT2D eigenvalue weighted by molar-refractivity contribution is 7.89. The van der Waals surface area contributed by atoms with Gasteiger partial charge in [-0.25, -0.2) is 22.8 Å². The maximum absolute atomic E-state index is 12.8. The van der Waals surface area contributed by atoms with Gasteiger partial charge in [-0.3, -0.25) is 4.79 Å². The third-order valence-electron chi connectivity index (χ3n) is 5.92. The molecular weight excluding hydrogens is 444 g/mol. The number of amides is 1. The Morgan fingerprint density at radius 3 is 2.52 bits per heavy atom. The number of ether oxygens (including phenoxy) is 2. The van der Waals surface area contributed by atoms with E-state index in [0.717, 1.165) is 5.56 Å². The van der Waals surface area contributed by atoms with Crippen molar-refractivity contribution in [2.24, 2.45) is 0 Å². The van der Waals surface area contributed by atoms with E-state index in [4.69, 9.17) is 9.47 Å². The van der Waals surface area contributed by atoms with Gasteiger partial charge in [-0.1, -0.05) is 29.8 Å².